The van der Waals surface area contributed by atoms with Crippen molar-refractivity contribution in [1.82, 2.24) is 10.2 Å². The maximum absolute atomic E-state index is 9.90. The number of piperidine rings is 1. The molecule has 2 heterocycles. The van der Waals surface area contributed by atoms with Gasteiger partial charge in [0.2, 0.25) is 0 Å². The van der Waals surface area contributed by atoms with Crippen molar-refractivity contribution in [3.63, 3.8) is 0 Å². The zero-order chi connectivity index (χ0) is 13.0. The number of hydrogen-bond acceptors (Lipinski definition) is 4. The minimum atomic E-state index is -0.546. The van der Waals surface area contributed by atoms with Gasteiger partial charge in [-0.2, -0.15) is 0 Å². The first kappa shape index (κ1) is 13.6. The van der Waals surface area contributed by atoms with Crippen LogP contribution < -0.4 is 5.32 Å². The minimum absolute atomic E-state index is 0.357. The van der Waals surface area contributed by atoms with Gasteiger partial charge in [0, 0.05) is 13.1 Å². The Morgan fingerprint density at radius 1 is 1.50 bits per heavy atom. The molecule has 1 atom stereocenters. The topological polar surface area (TPSA) is 48.6 Å². The summed E-state index contributed by atoms with van der Waals surface area (Å²) in [6.07, 6.45) is 3.48. The molecular weight excluding hydrogens is 228 g/mol. The first-order valence-electron chi connectivity index (χ1n) is 6.70. The lowest BCUT2D eigenvalue weighted by atomic mass is 9.80. The second kappa shape index (κ2) is 5.87. The molecule has 1 aliphatic heterocycles. The zero-order valence-corrected chi connectivity index (χ0v) is 11.4. The van der Waals surface area contributed by atoms with Crippen LogP contribution in [-0.4, -0.2) is 43.2 Å². The Bertz CT molecular complexity index is 343. The van der Waals surface area contributed by atoms with Crippen LogP contribution in [0.15, 0.2) is 22.8 Å². The van der Waals surface area contributed by atoms with Gasteiger partial charge >= 0.3 is 0 Å². The average Bonchev–Trinajstić information content (AvgIpc) is 2.87. The summed E-state index contributed by atoms with van der Waals surface area (Å²) in [7, 11) is 2.17. The van der Waals surface area contributed by atoms with E-state index in [0.29, 0.717) is 17.7 Å². The monoisotopic (exact) mass is 252 g/mol. The van der Waals surface area contributed by atoms with Gasteiger partial charge in [0.1, 0.15) is 11.9 Å². The highest BCUT2D eigenvalue weighted by Crippen LogP contribution is 2.29. The van der Waals surface area contributed by atoms with E-state index in [-0.39, 0.29) is 0 Å². The lowest BCUT2D eigenvalue weighted by Crippen LogP contribution is -2.42. The van der Waals surface area contributed by atoms with Crippen LogP contribution in [-0.2, 0) is 0 Å². The van der Waals surface area contributed by atoms with Gasteiger partial charge in [0.15, 0.2) is 0 Å². The number of aliphatic hydroxyl groups is 1. The molecule has 1 aromatic heterocycles. The van der Waals surface area contributed by atoms with Crippen LogP contribution in [0, 0.1) is 5.41 Å². The van der Waals surface area contributed by atoms with Gasteiger partial charge in [0.05, 0.1) is 6.26 Å². The molecule has 1 fully saturated rings. The quantitative estimate of drug-likeness (QED) is 0.836. The van der Waals surface area contributed by atoms with Crippen LogP contribution in [0.3, 0.4) is 0 Å². The number of nitrogens with one attached hydrogen (secondary N) is 1. The summed E-state index contributed by atoms with van der Waals surface area (Å²) in [5, 5.41) is 13.3. The van der Waals surface area contributed by atoms with Crippen LogP contribution >= 0.6 is 0 Å². The van der Waals surface area contributed by atoms with E-state index in [1.165, 1.54) is 25.9 Å². The smallest absolute Gasteiger partial charge is 0.133 e. The van der Waals surface area contributed by atoms with Gasteiger partial charge in [-0.3, -0.25) is 0 Å². The van der Waals surface area contributed by atoms with Crippen molar-refractivity contribution in [3.8, 4) is 0 Å². The lowest BCUT2D eigenvalue weighted by Gasteiger charge is -2.38. The van der Waals surface area contributed by atoms with Gasteiger partial charge in [-0.1, -0.05) is 6.92 Å². The van der Waals surface area contributed by atoms with Gasteiger partial charge in [-0.25, -0.2) is 0 Å². The molecule has 18 heavy (non-hydrogen) atoms. The van der Waals surface area contributed by atoms with Crippen LogP contribution in [0.5, 0.6) is 0 Å². The highest BCUT2D eigenvalue weighted by Gasteiger charge is 2.28. The largest absolute Gasteiger partial charge is 0.467 e. The Balaban J connectivity index is 1.72. The summed E-state index contributed by atoms with van der Waals surface area (Å²) in [4.78, 5) is 2.37. The van der Waals surface area contributed by atoms with Crippen LogP contribution in [0.4, 0.5) is 0 Å². The van der Waals surface area contributed by atoms with E-state index in [0.717, 1.165) is 6.54 Å². The summed E-state index contributed by atoms with van der Waals surface area (Å²) in [5.41, 5.74) is 0.357. The van der Waals surface area contributed by atoms with Crippen molar-refractivity contribution < 1.29 is 9.52 Å². The third-order valence-corrected chi connectivity index (χ3v) is 3.96. The predicted octanol–water partition coefficient (Wildman–Crippen LogP) is 1.63. The first-order chi connectivity index (χ1) is 8.59. The van der Waals surface area contributed by atoms with Crippen molar-refractivity contribution >= 4 is 0 Å². The molecular formula is C14H24N2O2. The van der Waals surface area contributed by atoms with Crippen molar-refractivity contribution in [2.24, 2.45) is 5.41 Å². The molecule has 0 radical (unpaired) electrons. The highest BCUT2D eigenvalue weighted by atomic mass is 16.4. The molecule has 1 aromatic rings. The van der Waals surface area contributed by atoms with Gasteiger partial charge in [-0.05, 0) is 50.5 Å². The molecule has 102 valence electrons. The fourth-order valence-corrected chi connectivity index (χ4v) is 2.43. The Labute approximate surface area is 109 Å². The Hall–Kier alpha value is -0.840. The van der Waals surface area contributed by atoms with Crippen LogP contribution in [0.25, 0.3) is 0 Å². The lowest BCUT2D eigenvalue weighted by molar-refractivity contribution is 0.116. The van der Waals surface area contributed by atoms with E-state index in [2.05, 4.69) is 24.2 Å². The Kier molecular flexibility index (Phi) is 4.43. The molecule has 0 amide bonds. The van der Waals surface area contributed by atoms with E-state index < -0.39 is 6.10 Å². The van der Waals surface area contributed by atoms with Gasteiger partial charge in [0.25, 0.3) is 0 Å². The maximum atomic E-state index is 9.90. The second-order valence-electron chi connectivity index (χ2n) is 5.78. The van der Waals surface area contributed by atoms with E-state index in [9.17, 15) is 5.11 Å². The third-order valence-electron chi connectivity index (χ3n) is 3.96. The number of nitrogens with zero attached hydrogens (tertiary/aromatic N) is 1. The van der Waals surface area contributed by atoms with Gasteiger partial charge in [-0.15, -0.1) is 0 Å². The number of aliphatic hydroxyl groups excluding tert-OH is 1. The number of likely N-dealkylation sites (tertiary alicyclic amines) is 1. The third kappa shape index (κ3) is 3.57. The van der Waals surface area contributed by atoms with Crippen molar-refractivity contribution in [3.05, 3.63) is 24.2 Å². The number of hydrogen-bond donors (Lipinski definition) is 2. The van der Waals surface area contributed by atoms with Gasteiger partial charge < -0.3 is 19.7 Å². The number of rotatable bonds is 5. The highest BCUT2D eigenvalue weighted by molar-refractivity contribution is 5.02. The molecule has 1 unspecified atom stereocenters. The predicted molar refractivity (Wildman–Crippen MR) is 71.4 cm³/mol. The van der Waals surface area contributed by atoms with E-state index >= 15 is 0 Å². The van der Waals surface area contributed by atoms with Crippen molar-refractivity contribution in [2.45, 2.75) is 25.9 Å². The molecule has 0 saturated carbocycles. The maximum Gasteiger partial charge on any atom is 0.133 e. The zero-order valence-electron chi connectivity index (χ0n) is 11.4. The summed E-state index contributed by atoms with van der Waals surface area (Å²) in [6.45, 7) is 6.17. The summed E-state index contributed by atoms with van der Waals surface area (Å²) < 4.78 is 5.18. The van der Waals surface area contributed by atoms with E-state index in [4.69, 9.17) is 4.42 Å². The molecule has 1 aliphatic rings. The van der Waals surface area contributed by atoms with E-state index in [1.54, 1.807) is 12.3 Å². The molecule has 0 aromatic carbocycles. The second-order valence-corrected chi connectivity index (χ2v) is 5.78. The summed E-state index contributed by atoms with van der Waals surface area (Å²) in [5.74, 6) is 0.635. The SMILES string of the molecule is CN1CCC(C)(CNCC(O)c2ccco2)CC1. The Morgan fingerprint density at radius 3 is 2.83 bits per heavy atom. The average molecular weight is 252 g/mol. The van der Waals surface area contributed by atoms with Crippen LogP contribution in [0.2, 0.25) is 0 Å². The van der Waals surface area contributed by atoms with Crippen LogP contribution in [0.1, 0.15) is 31.6 Å². The van der Waals surface area contributed by atoms with Crippen molar-refractivity contribution in [1.29, 1.82) is 0 Å². The molecule has 4 heteroatoms. The normalized spacial score (nSPS) is 21.9. The minimum Gasteiger partial charge on any atom is -0.467 e. The molecule has 0 spiro atoms. The first-order valence-corrected chi connectivity index (χ1v) is 6.70. The fourth-order valence-electron chi connectivity index (χ4n) is 2.43. The summed E-state index contributed by atoms with van der Waals surface area (Å²) in [6, 6.07) is 3.61. The fraction of sp³-hybridized carbons (Fsp3) is 0.714. The Morgan fingerprint density at radius 2 is 2.22 bits per heavy atom. The standard InChI is InChI=1S/C14H24N2O2/c1-14(5-7-16(2)8-6-14)11-15-10-12(17)13-4-3-9-18-13/h3-4,9,12,15,17H,5-8,10-11H2,1-2H3. The summed E-state index contributed by atoms with van der Waals surface area (Å²) >= 11 is 0. The molecule has 2 N–H and O–H groups in total. The number of furan rings is 1. The molecule has 4 nitrogen and oxygen atoms in total. The van der Waals surface area contributed by atoms with E-state index in [1.807, 2.05) is 6.07 Å². The van der Waals surface area contributed by atoms with Crippen molar-refractivity contribution in [2.75, 3.05) is 33.2 Å². The molecule has 0 bridgehead atoms. The molecule has 1 saturated heterocycles. The molecule has 2 rings (SSSR count). The molecule has 0 aliphatic carbocycles.